The first-order chi connectivity index (χ1) is 7.83. The third kappa shape index (κ3) is 2.08. The molecule has 1 fully saturated rings. The van der Waals surface area contributed by atoms with Crippen LogP contribution in [0.15, 0.2) is 22.4 Å². The highest BCUT2D eigenvalue weighted by Gasteiger charge is 2.26. The number of nitrogens with one attached hydrogen (secondary N) is 1. The van der Waals surface area contributed by atoms with Crippen molar-refractivity contribution >= 4 is 38.2 Å². The molecule has 0 atom stereocenters. The molecule has 0 amide bonds. The van der Waals surface area contributed by atoms with Crippen molar-refractivity contribution in [3.8, 4) is 0 Å². The van der Waals surface area contributed by atoms with Crippen molar-refractivity contribution in [2.75, 3.05) is 5.32 Å². The van der Waals surface area contributed by atoms with Crippen LogP contribution in [0, 0.1) is 0 Å². The molecule has 3 rings (SSSR count). The van der Waals surface area contributed by atoms with Crippen molar-refractivity contribution in [2.45, 2.75) is 18.8 Å². The summed E-state index contributed by atoms with van der Waals surface area (Å²) < 4.78 is 0.846. The summed E-state index contributed by atoms with van der Waals surface area (Å²) in [5, 5.41) is 6.19. The fourth-order valence-electron chi connectivity index (χ4n) is 1.42. The average molecular weight is 297 g/mol. The van der Waals surface area contributed by atoms with Crippen LogP contribution in [0.25, 0.3) is 0 Å². The summed E-state index contributed by atoms with van der Waals surface area (Å²) in [6, 6.07) is 0. The molecule has 0 aromatic carbocycles. The van der Waals surface area contributed by atoms with E-state index in [2.05, 4.69) is 41.6 Å². The molecule has 2 aromatic heterocycles. The lowest BCUT2D eigenvalue weighted by Crippen LogP contribution is -1.94. The predicted molar refractivity (Wildman–Crippen MR) is 67.1 cm³/mol. The maximum absolute atomic E-state index is 4.53. The van der Waals surface area contributed by atoms with E-state index in [0.29, 0.717) is 5.92 Å². The van der Waals surface area contributed by atoms with E-state index in [1.165, 1.54) is 24.9 Å². The molecule has 0 aliphatic heterocycles. The summed E-state index contributed by atoms with van der Waals surface area (Å²) >= 11 is 5.01. The van der Waals surface area contributed by atoms with E-state index in [9.17, 15) is 0 Å². The highest BCUT2D eigenvalue weighted by molar-refractivity contribution is 9.10. The number of hydrogen-bond donors (Lipinski definition) is 1. The average Bonchev–Trinajstić information content (AvgIpc) is 3.03. The minimum Gasteiger partial charge on any atom is -0.315 e. The van der Waals surface area contributed by atoms with Gasteiger partial charge in [0.1, 0.15) is 12.1 Å². The van der Waals surface area contributed by atoms with Crippen LogP contribution in [0.5, 0.6) is 0 Å². The molecule has 2 aromatic rings. The molecular weight excluding hydrogens is 288 g/mol. The molecule has 1 aliphatic rings. The fourth-order valence-corrected chi connectivity index (χ4v) is 2.53. The van der Waals surface area contributed by atoms with Crippen molar-refractivity contribution in [2.24, 2.45) is 0 Å². The summed E-state index contributed by atoms with van der Waals surface area (Å²) in [7, 11) is 0. The Bertz CT molecular complexity index is 509. The molecule has 0 radical (unpaired) electrons. The zero-order valence-corrected chi connectivity index (χ0v) is 10.8. The Morgan fingerprint density at radius 3 is 3.06 bits per heavy atom. The Kier molecular flexibility index (Phi) is 2.61. The molecule has 2 heterocycles. The van der Waals surface area contributed by atoms with Gasteiger partial charge in [-0.15, -0.1) is 11.3 Å². The van der Waals surface area contributed by atoms with Crippen LogP contribution >= 0.6 is 27.3 Å². The lowest BCUT2D eigenvalue weighted by molar-refractivity contribution is 1.05. The normalized spacial score (nSPS) is 15.1. The fraction of sp³-hybridized carbons (Fsp3) is 0.300. The number of aromatic nitrogens is 3. The van der Waals surface area contributed by atoms with Crippen molar-refractivity contribution < 1.29 is 0 Å². The second-order valence-corrected chi connectivity index (χ2v) is 5.41. The molecule has 0 bridgehead atoms. The van der Waals surface area contributed by atoms with Crippen LogP contribution in [0.2, 0.25) is 0 Å². The first-order valence-electron chi connectivity index (χ1n) is 5.01. The van der Waals surface area contributed by atoms with Gasteiger partial charge in [0.25, 0.3) is 0 Å². The van der Waals surface area contributed by atoms with Crippen LogP contribution in [-0.2, 0) is 0 Å². The van der Waals surface area contributed by atoms with E-state index in [0.717, 1.165) is 15.4 Å². The molecule has 0 saturated heterocycles. The zero-order chi connectivity index (χ0) is 11.0. The highest BCUT2D eigenvalue weighted by atomic mass is 79.9. The molecule has 0 spiro atoms. The number of anilines is 2. The molecule has 1 N–H and O–H groups in total. The number of thiazole rings is 1. The van der Waals surface area contributed by atoms with E-state index in [1.54, 1.807) is 17.5 Å². The lowest BCUT2D eigenvalue weighted by Gasteiger charge is -2.02. The molecule has 4 nitrogen and oxygen atoms in total. The second-order valence-electron chi connectivity index (χ2n) is 3.70. The van der Waals surface area contributed by atoms with Crippen LogP contribution in [0.1, 0.15) is 24.5 Å². The largest absolute Gasteiger partial charge is 0.315 e. The first kappa shape index (κ1) is 10.2. The summed E-state index contributed by atoms with van der Waals surface area (Å²) in [5.41, 5.74) is 1.21. The minimum absolute atomic E-state index is 0.695. The smallest absolute Gasteiger partial charge is 0.188 e. The van der Waals surface area contributed by atoms with Crippen LogP contribution in [0.3, 0.4) is 0 Å². The van der Waals surface area contributed by atoms with Gasteiger partial charge in [-0.3, -0.25) is 0 Å². The van der Waals surface area contributed by atoms with E-state index >= 15 is 0 Å². The van der Waals surface area contributed by atoms with Gasteiger partial charge in [0.15, 0.2) is 5.13 Å². The highest BCUT2D eigenvalue weighted by Crippen LogP contribution is 2.41. The van der Waals surface area contributed by atoms with E-state index in [4.69, 9.17) is 0 Å². The Morgan fingerprint density at radius 1 is 1.44 bits per heavy atom. The van der Waals surface area contributed by atoms with Crippen LogP contribution < -0.4 is 5.32 Å². The SMILES string of the molecule is Brc1cncnc1Nc1nc(C2CC2)cs1. The first-order valence-corrected chi connectivity index (χ1v) is 6.68. The van der Waals surface area contributed by atoms with Gasteiger partial charge < -0.3 is 5.32 Å². The van der Waals surface area contributed by atoms with Crippen molar-refractivity contribution in [1.82, 2.24) is 15.0 Å². The molecule has 1 aliphatic carbocycles. The van der Waals surface area contributed by atoms with E-state index in [-0.39, 0.29) is 0 Å². The maximum Gasteiger partial charge on any atom is 0.188 e. The zero-order valence-electron chi connectivity index (χ0n) is 8.35. The Hall–Kier alpha value is -1.01. The van der Waals surface area contributed by atoms with Crippen molar-refractivity contribution in [3.05, 3.63) is 28.1 Å². The molecular formula is C10H9BrN4S. The third-order valence-corrected chi connectivity index (χ3v) is 3.77. The Balaban J connectivity index is 1.80. The van der Waals surface area contributed by atoms with Crippen molar-refractivity contribution in [1.29, 1.82) is 0 Å². The Labute approximate surface area is 105 Å². The maximum atomic E-state index is 4.53. The molecule has 1 saturated carbocycles. The van der Waals surface area contributed by atoms with Crippen LogP contribution in [0.4, 0.5) is 10.9 Å². The van der Waals surface area contributed by atoms with Gasteiger partial charge in [-0.05, 0) is 28.8 Å². The van der Waals surface area contributed by atoms with Gasteiger partial charge in [-0.25, -0.2) is 15.0 Å². The monoisotopic (exact) mass is 296 g/mol. The Morgan fingerprint density at radius 2 is 2.31 bits per heavy atom. The molecule has 82 valence electrons. The van der Waals surface area contributed by atoms with Gasteiger partial charge in [-0.2, -0.15) is 0 Å². The van der Waals surface area contributed by atoms with Gasteiger partial charge in [0.2, 0.25) is 0 Å². The number of hydrogen-bond acceptors (Lipinski definition) is 5. The van der Waals surface area contributed by atoms with Crippen LogP contribution in [-0.4, -0.2) is 15.0 Å². The van der Waals surface area contributed by atoms with Crippen molar-refractivity contribution in [3.63, 3.8) is 0 Å². The van der Waals surface area contributed by atoms with E-state index in [1.807, 2.05) is 0 Å². The lowest BCUT2D eigenvalue weighted by atomic mass is 10.3. The summed E-state index contributed by atoms with van der Waals surface area (Å²) in [6.45, 7) is 0. The number of nitrogens with zero attached hydrogens (tertiary/aromatic N) is 3. The summed E-state index contributed by atoms with van der Waals surface area (Å²) in [4.78, 5) is 12.6. The van der Waals surface area contributed by atoms with Gasteiger partial charge in [-0.1, -0.05) is 0 Å². The van der Waals surface area contributed by atoms with Gasteiger partial charge in [0.05, 0.1) is 10.2 Å². The minimum atomic E-state index is 0.695. The van der Waals surface area contributed by atoms with Gasteiger partial charge in [0, 0.05) is 17.5 Å². The molecule has 16 heavy (non-hydrogen) atoms. The van der Waals surface area contributed by atoms with Gasteiger partial charge >= 0.3 is 0 Å². The van der Waals surface area contributed by atoms with E-state index < -0.39 is 0 Å². The quantitative estimate of drug-likeness (QED) is 0.944. The topological polar surface area (TPSA) is 50.7 Å². The third-order valence-electron chi connectivity index (χ3n) is 2.41. The standard InChI is InChI=1S/C10H9BrN4S/c11-7-3-12-5-13-9(7)15-10-14-8(4-16-10)6-1-2-6/h3-6H,1-2H2,(H,12,13,14,15). The second kappa shape index (κ2) is 4.10. The predicted octanol–water partition coefficient (Wildman–Crippen LogP) is 3.32. The number of rotatable bonds is 3. The summed E-state index contributed by atoms with van der Waals surface area (Å²) in [6.07, 6.45) is 5.79. The number of halogens is 1. The summed E-state index contributed by atoms with van der Waals surface area (Å²) in [5.74, 6) is 1.45. The molecule has 0 unspecified atom stereocenters. The molecule has 6 heteroatoms.